The second kappa shape index (κ2) is 5.61. The van der Waals surface area contributed by atoms with Crippen molar-refractivity contribution in [3.63, 3.8) is 0 Å². The van der Waals surface area contributed by atoms with Crippen molar-refractivity contribution in [1.29, 1.82) is 0 Å². The summed E-state index contributed by atoms with van der Waals surface area (Å²) in [4.78, 5) is 18.5. The lowest BCUT2D eigenvalue weighted by Gasteiger charge is -2.16. The second-order valence-corrected chi connectivity index (χ2v) is 4.91. The largest absolute Gasteiger partial charge is 0.461 e. The zero-order valence-corrected chi connectivity index (χ0v) is 11.8. The molecule has 0 spiro atoms. The second-order valence-electron chi connectivity index (χ2n) is 4.91. The van der Waals surface area contributed by atoms with E-state index < -0.39 is 5.97 Å². The number of esters is 1. The Labute approximate surface area is 113 Å². The molecule has 2 heterocycles. The van der Waals surface area contributed by atoms with E-state index in [4.69, 9.17) is 10.5 Å². The zero-order valence-electron chi connectivity index (χ0n) is 11.8. The molecule has 1 aliphatic rings. The number of likely N-dealkylation sites (N-methyl/N-ethyl adjacent to an activating group) is 1. The van der Waals surface area contributed by atoms with Gasteiger partial charge in [0.2, 0.25) is 0 Å². The number of hydrogen-bond donors (Lipinski definition) is 1. The molecule has 2 N–H and O–H groups in total. The van der Waals surface area contributed by atoms with Crippen LogP contribution >= 0.6 is 0 Å². The van der Waals surface area contributed by atoms with E-state index in [0.29, 0.717) is 18.5 Å². The predicted molar refractivity (Wildman–Crippen MR) is 73.1 cm³/mol. The molecular formula is C13H22N4O2. The van der Waals surface area contributed by atoms with Crippen LogP contribution in [0.15, 0.2) is 0 Å². The molecule has 6 heteroatoms. The molecule has 1 fully saturated rings. The number of carbonyl (C=O) groups excluding carboxylic acids is 1. The molecule has 2 rings (SSSR count). The van der Waals surface area contributed by atoms with Gasteiger partial charge >= 0.3 is 5.97 Å². The first-order valence-electron chi connectivity index (χ1n) is 6.80. The molecule has 0 aromatic carbocycles. The number of likely N-dealkylation sites (tertiary alicyclic amines) is 1. The van der Waals surface area contributed by atoms with E-state index in [1.165, 1.54) is 0 Å². The zero-order chi connectivity index (χ0) is 14.0. The first kappa shape index (κ1) is 13.9. The minimum atomic E-state index is -0.431. The van der Waals surface area contributed by atoms with E-state index in [2.05, 4.69) is 16.9 Å². The van der Waals surface area contributed by atoms with Crippen LogP contribution in [0.5, 0.6) is 0 Å². The normalized spacial score (nSPS) is 19.8. The highest BCUT2D eigenvalue weighted by Gasteiger charge is 2.28. The summed E-state index contributed by atoms with van der Waals surface area (Å²) in [6.45, 7) is 6.11. The van der Waals surface area contributed by atoms with Crippen LogP contribution in [0.2, 0.25) is 0 Å². The summed E-state index contributed by atoms with van der Waals surface area (Å²) in [7, 11) is 2.09. The predicted octanol–water partition coefficient (Wildman–Crippen LogP) is 1.08. The first-order valence-corrected chi connectivity index (χ1v) is 6.80. The van der Waals surface area contributed by atoms with E-state index >= 15 is 0 Å². The molecule has 1 unspecified atom stereocenters. The van der Waals surface area contributed by atoms with Gasteiger partial charge in [-0.15, -0.1) is 0 Å². The SMILES string of the molecule is CCOC(=O)c1nc(CC)n(C2CCN(C)C2)c1N. The lowest BCUT2D eigenvalue weighted by atomic mass is 10.2. The molecule has 0 bridgehead atoms. The highest BCUT2D eigenvalue weighted by Crippen LogP contribution is 2.28. The van der Waals surface area contributed by atoms with Gasteiger partial charge in [-0.3, -0.25) is 0 Å². The monoisotopic (exact) mass is 266 g/mol. The number of ether oxygens (including phenoxy) is 1. The molecule has 19 heavy (non-hydrogen) atoms. The Morgan fingerprint density at radius 3 is 2.79 bits per heavy atom. The van der Waals surface area contributed by atoms with Crippen molar-refractivity contribution in [1.82, 2.24) is 14.5 Å². The smallest absolute Gasteiger partial charge is 0.360 e. The molecule has 6 nitrogen and oxygen atoms in total. The third kappa shape index (κ3) is 2.58. The lowest BCUT2D eigenvalue weighted by Crippen LogP contribution is -2.19. The van der Waals surface area contributed by atoms with Gasteiger partial charge in [-0.25, -0.2) is 9.78 Å². The fraction of sp³-hybridized carbons (Fsp3) is 0.692. The molecule has 1 aromatic heterocycles. The van der Waals surface area contributed by atoms with Crippen LogP contribution in [0.4, 0.5) is 5.82 Å². The number of nitrogen functional groups attached to an aromatic ring is 1. The molecular weight excluding hydrogens is 244 g/mol. The van der Waals surface area contributed by atoms with E-state index in [0.717, 1.165) is 31.8 Å². The molecule has 1 atom stereocenters. The summed E-state index contributed by atoms with van der Waals surface area (Å²) in [6, 6.07) is 0.302. The Morgan fingerprint density at radius 1 is 1.53 bits per heavy atom. The van der Waals surface area contributed by atoms with Crippen molar-refractivity contribution < 1.29 is 9.53 Å². The third-order valence-electron chi connectivity index (χ3n) is 3.54. The number of aromatic nitrogens is 2. The molecule has 0 amide bonds. The maximum absolute atomic E-state index is 11.8. The quantitative estimate of drug-likeness (QED) is 0.826. The Kier molecular flexibility index (Phi) is 4.09. The van der Waals surface area contributed by atoms with Crippen LogP contribution in [0, 0.1) is 0 Å². The molecule has 1 saturated heterocycles. The van der Waals surface area contributed by atoms with Gasteiger partial charge in [-0.05, 0) is 26.9 Å². The van der Waals surface area contributed by atoms with Crippen molar-refractivity contribution in [2.24, 2.45) is 0 Å². The maximum atomic E-state index is 11.8. The Hall–Kier alpha value is -1.56. The number of aryl methyl sites for hydroxylation is 1. The number of anilines is 1. The van der Waals surface area contributed by atoms with Crippen LogP contribution in [0.3, 0.4) is 0 Å². The minimum absolute atomic E-state index is 0.258. The van der Waals surface area contributed by atoms with Gasteiger partial charge < -0.3 is 19.9 Å². The summed E-state index contributed by atoms with van der Waals surface area (Å²) in [5.74, 6) is 0.872. The highest BCUT2D eigenvalue weighted by molar-refractivity contribution is 5.92. The van der Waals surface area contributed by atoms with Gasteiger partial charge in [0, 0.05) is 13.0 Å². The van der Waals surface area contributed by atoms with Crippen molar-refractivity contribution >= 4 is 11.8 Å². The summed E-state index contributed by atoms with van der Waals surface area (Å²) >= 11 is 0. The number of imidazole rings is 1. The van der Waals surface area contributed by atoms with Crippen molar-refractivity contribution in [2.45, 2.75) is 32.7 Å². The average molecular weight is 266 g/mol. The Bertz CT molecular complexity index is 469. The van der Waals surface area contributed by atoms with Gasteiger partial charge in [-0.1, -0.05) is 6.92 Å². The van der Waals surface area contributed by atoms with Crippen LogP contribution < -0.4 is 5.73 Å². The molecule has 1 aromatic rings. The van der Waals surface area contributed by atoms with E-state index in [-0.39, 0.29) is 5.69 Å². The van der Waals surface area contributed by atoms with E-state index in [9.17, 15) is 4.79 Å². The standard InChI is InChI=1S/C13H22N4O2/c1-4-10-15-11(13(18)19-5-2)12(14)17(10)9-6-7-16(3)8-9/h9H,4-8,14H2,1-3H3. The van der Waals surface area contributed by atoms with Crippen LogP contribution in [-0.2, 0) is 11.2 Å². The Balaban J connectivity index is 2.34. The lowest BCUT2D eigenvalue weighted by molar-refractivity contribution is 0.0521. The third-order valence-corrected chi connectivity index (χ3v) is 3.54. The topological polar surface area (TPSA) is 73.4 Å². The van der Waals surface area contributed by atoms with Crippen molar-refractivity contribution in [2.75, 3.05) is 32.5 Å². The molecule has 0 saturated carbocycles. The van der Waals surface area contributed by atoms with Gasteiger partial charge in [0.15, 0.2) is 5.69 Å². The van der Waals surface area contributed by atoms with Gasteiger partial charge in [0.25, 0.3) is 0 Å². The number of rotatable bonds is 4. The summed E-state index contributed by atoms with van der Waals surface area (Å²) in [6.07, 6.45) is 1.79. The molecule has 0 radical (unpaired) electrons. The fourth-order valence-electron chi connectivity index (χ4n) is 2.62. The number of nitrogens with two attached hydrogens (primary N) is 1. The molecule has 1 aliphatic heterocycles. The molecule has 0 aliphatic carbocycles. The minimum Gasteiger partial charge on any atom is -0.461 e. The van der Waals surface area contributed by atoms with E-state index in [1.807, 2.05) is 11.5 Å². The fourth-order valence-corrected chi connectivity index (χ4v) is 2.62. The Morgan fingerprint density at radius 2 is 2.26 bits per heavy atom. The van der Waals surface area contributed by atoms with Crippen molar-refractivity contribution in [3.05, 3.63) is 11.5 Å². The van der Waals surface area contributed by atoms with Crippen LogP contribution in [-0.4, -0.2) is 47.2 Å². The average Bonchev–Trinajstić information content (AvgIpc) is 2.93. The van der Waals surface area contributed by atoms with Crippen LogP contribution in [0.1, 0.15) is 42.6 Å². The van der Waals surface area contributed by atoms with Gasteiger partial charge in [-0.2, -0.15) is 0 Å². The number of nitrogens with zero attached hydrogens (tertiary/aromatic N) is 3. The molecule has 106 valence electrons. The highest BCUT2D eigenvalue weighted by atomic mass is 16.5. The summed E-state index contributed by atoms with van der Waals surface area (Å²) in [5, 5.41) is 0. The van der Waals surface area contributed by atoms with Gasteiger partial charge in [0.05, 0.1) is 12.6 Å². The van der Waals surface area contributed by atoms with E-state index in [1.54, 1.807) is 6.92 Å². The van der Waals surface area contributed by atoms with Crippen LogP contribution in [0.25, 0.3) is 0 Å². The number of hydrogen-bond acceptors (Lipinski definition) is 5. The maximum Gasteiger partial charge on any atom is 0.360 e. The number of carbonyl (C=O) groups is 1. The van der Waals surface area contributed by atoms with Crippen molar-refractivity contribution in [3.8, 4) is 0 Å². The first-order chi connectivity index (χ1) is 9.08. The summed E-state index contributed by atoms with van der Waals surface area (Å²) < 4.78 is 7.01. The van der Waals surface area contributed by atoms with Gasteiger partial charge in [0.1, 0.15) is 11.6 Å². The summed E-state index contributed by atoms with van der Waals surface area (Å²) in [5.41, 5.74) is 6.37.